The summed E-state index contributed by atoms with van der Waals surface area (Å²) in [5.41, 5.74) is 1.10. The molecule has 1 atom stereocenters. The van der Waals surface area contributed by atoms with Crippen molar-refractivity contribution in [2.75, 3.05) is 40.1 Å². The van der Waals surface area contributed by atoms with Crippen LogP contribution in [0.1, 0.15) is 43.9 Å². The van der Waals surface area contributed by atoms with Crippen molar-refractivity contribution < 1.29 is 33.6 Å². The maximum atomic E-state index is 13.2. The van der Waals surface area contributed by atoms with Crippen LogP contribution >= 0.6 is 0 Å². The number of rotatable bonds is 10. The molecule has 192 valence electrons. The molecular formula is C28H33NO7. The third-order valence-corrected chi connectivity index (χ3v) is 6.24. The number of methoxy groups -OCH3 is 1. The molecule has 36 heavy (non-hydrogen) atoms. The molecule has 0 aliphatic carbocycles. The first-order valence-electron chi connectivity index (χ1n) is 12.3. The minimum absolute atomic E-state index is 0.0356. The van der Waals surface area contributed by atoms with E-state index in [1.165, 1.54) is 4.90 Å². The third kappa shape index (κ3) is 5.49. The van der Waals surface area contributed by atoms with E-state index in [0.29, 0.717) is 73.7 Å². The lowest BCUT2D eigenvalue weighted by Gasteiger charge is -2.26. The van der Waals surface area contributed by atoms with E-state index in [0.717, 1.165) is 6.42 Å². The standard InChI is InChI=1S/C28H33NO7/c1-18(2)10-13-34-21-7-4-6-19(16-21)25-24(27(31)28(32)29(25)11-5-12-33-3)26(30)20-8-9-22-23(17-20)36-15-14-35-22/h4,6-9,16-18,25,30H,5,10-15H2,1-3H3/t25-/m1/s1. The van der Waals surface area contributed by atoms with Crippen molar-refractivity contribution in [2.24, 2.45) is 5.92 Å². The Morgan fingerprint density at radius 3 is 2.61 bits per heavy atom. The topological polar surface area (TPSA) is 94.5 Å². The van der Waals surface area contributed by atoms with Gasteiger partial charge in [-0.2, -0.15) is 0 Å². The van der Waals surface area contributed by atoms with E-state index in [2.05, 4.69) is 13.8 Å². The number of hydrogen-bond donors (Lipinski definition) is 1. The molecule has 2 aliphatic rings. The van der Waals surface area contributed by atoms with Crippen LogP contribution in [0.3, 0.4) is 0 Å². The number of nitrogens with zero attached hydrogens (tertiary/aromatic N) is 1. The Morgan fingerprint density at radius 2 is 1.86 bits per heavy atom. The number of aliphatic hydroxyl groups is 1. The summed E-state index contributed by atoms with van der Waals surface area (Å²) >= 11 is 0. The monoisotopic (exact) mass is 495 g/mol. The molecule has 0 saturated carbocycles. The molecular weight excluding hydrogens is 462 g/mol. The molecule has 8 heteroatoms. The Balaban J connectivity index is 1.74. The van der Waals surface area contributed by atoms with Gasteiger partial charge in [-0.05, 0) is 54.7 Å². The summed E-state index contributed by atoms with van der Waals surface area (Å²) in [5.74, 6) is 0.576. The Hall–Kier alpha value is -3.52. The predicted molar refractivity (Wildman–Crippen MR) is 134 cm³/mol. The molecule has 1 saturated heterocycles. The second kappa shape index (κ2) is 11.5. The van der Waals surface area contributed by atoms with Gasteiger partial charge in [0.15, 0.2) is 11.5 Å². The first-order chi connectivity index (χ1) is 17.4. The lowest BCUT2D eigenvalue weighted by Crippen LogP contribution is -2.31. The summed E-state index contributed by atoms with van der Waals surface area (Å²) in [6.45, 7) is 6.41. The van der Waals surface area contributed by atoms with E-state index in [1.807, 2.05) is 24.3 Å². The van der Waals surface area contributed by atoms with Gasteiger partial charge in [0.05, 0.1) is 18.2 Å². The smallest absolute Gasteiger partial charge is 0.295 e. The Bertz CT molecular complexity index is 1140. The summed E-state index contributed by atoms with van der Waals surface area (Å²) < 4.78 is 22.3. The number of ether oxygens (including phenoxy) is 4. The fourth-order valence-electron chi connectivity index (χ4n) is 4.37. The Labute approximate surface area is 211 Å². The number of amides is 1. The summed E-state index contributed by atoms with van der Waals surface area (Å²) in [6.07, 6.45) is 1.46. The van der Waals surface area contributed by atoms with Crippen molar-refractivity contribution >= 4 is 17.4 Å². The van der Waals surface area contributed by atoms with E-state index < -0.39 is 17.7 Å². The molecule has 1 amide bonds. The zero-order chi connectivity index (χ0) is 25.7. The number of Topliss-reactive ketones (excluding diaryl/α,β-unsaturated/α-hetero) is 1. The second-order valence-electron chi connectivity index (χ2n) is 9.30. The van der Waals surface area contributed by atoms with Crippen LogP contribution in [0.4, 0.5) is 0 Å². The summed E-state index contributed by atoms with van der Waals surface area (Å²) in [4.78, 5) is 27.8. The number of carbonyl (C=O) groups excluding carboxylic acids is 2. The number of hydrogen-bond acceptors (Lipinski definition) is 7. The first kappa shape index (κ1) is 25.6. The fraction of sp³-hybridized carbons (Fsp3) is 0.429. The highest BCUT2D eigenvalue weighted by atomic mass is 16.6. The van der Waals surface area contributed by atoms with Gasteiger partial charge in [0.2, 0.25) is 0 Å². The highest BCUT2D eigenvalue weighted by Gasteiger charge is 2.46. The van der Waals surface area contributed by atoms with Crippen LogP contribution in [-0.2, 0) is 14.3 Å². The normalized spacial score (nSPS) is 18.7. The van der Waals surface area contributed by atoms with Crippen LogP contribution in [0.25, 0.3) is 5.76 Å². The zero-order valence-electron chi connectivity index (χ0n) is 21.0. The third-order valence-electron chi connectivity index (χ3n) is 6.24. The molecule has 8 nitrogen and oxygen atoms in total. The van der Waals surface area contributed by atoms with Crippen LogP contribution in [-0.4, -0.2) is 61.8 Å². The van der Waals surface area contributed by atoms with Crippen molar-refractivity contribution in [3.05, 3.63) is 59.2 Å². The number of aliphatic hydroxyl groups excluding tert-OH is 1. The maximum Gasteiger partial charge on any atom is 0.295 e. The fourth-order valence-corrected chi connectivity index (χ4v) is 4.37. The first-order valence-corrected chi connectivity index (χ1v) is 12.3. The van der Waals surface area contributed by atoms with Crippen LogP contribution in [0.2, 0.25) is 0 Å². The molecule has 1 N–H and O–H groups in total. The molecule has 1 fully saturated rings. The minimum atomic E-state index is -0.760. The van der Waals surface area contributed by atoms with Gasteiger partial charge in [-0.1, -0.05) is 26.0 Å². The van der Waals surface area contributed by atoms with Crippen molar-refractivity contribution in [2.45, 2.75) is 32.7 Å². The minimum Gasteiger partial charge on any atom is -0.507 e. The molecule has 2 aromatic rings. The predicted octanol–water partition coefficient (Wildman–Crippen LogP) is 4.34. The van der Waals surface area contributed by atoms with Crippen LogP contribution in [0.5, 0.6) is 17.2 Å². The average molecular weight is 496 g/mol. The van der Waals surface area contributed by atoms with Crippen molar-refractivity contribution in [1.29, 1.82) is 0 Å². The quantitative estimate of drug-likeness (QED) is 0.227. The Morgan fingerprint density at radius 1 is 1.08 bits per heavy atom. The van der Waals surface area contributed by atoms with E-state index >= 15 is 0 Å². The van der Waals surface area contributed by atoms with Crippen LogP contribution in [0, 0.1) is 5.92 Å². The van der Waals surface area contributed by atoms with Crippen LogP contribution < -0.4 is 14.2 Å². The van der Waals surface area contributed by atoms with Gasteiger partial charge >= 0.3 is 0 Å². The van der Waals surface area contributed by atoms with Gasteiger partial charge in [0.1, 0.15) is 24.7 Å². The van der Waals surface area contributed by atoms with Gasteiger partial charge in [0, 0.05) is 25.8 Å². The summed E-state index contributed by atoms with van der Waals surface area (Å²) in [7, 11) is 1.59. The molecule has 0 bridgehead atoms. The molecule has 0 spiro atoms. The SMILES string of the molecule is COCCCN1C(=O)C(=O)C(=C(O)c2ccc3c(c2)OCCO3)[C@H]1c1cccc(OCCC(C)C)c1. The number of likely N-dealkylation sites (tertiary alicyclic amines) is 1. The number of carbonyl (C=O) groups is 2. The Kier molecular flexibility index (Phi) is 8.15. The average Bonchev–Trinajstić information content (AvgIpc) is 3.13. The van der Waals surface area contributed by atoms with Crippen LogP contribution in [0.15, 0.2) is 48.0 Å². The zero-order valence-corrected chi connectivity index (χ0v) is 21.0. The number of ketones is 1. The number of benzene rings is 2. The molecule has 4 rings (SSSR count). The lowest BCUT2D eigenvalue weighted by atomic mass is 9.95. The van der Waals surface area contributed by atoms with Gasteiger partial charge in [0.25, 0.3) is 11.7 Å². The lowest BCUT2D eigenvalue weighted by molar-refractivity contribution is -0.140. The highest BCUT2D eigenvalue weighted by Crippen LogP contribution is 2.41. The van der Waals surface area contributed by atoms with E-state index in [4.69, 9.17) is 18.9 Å². The van der Waals surface area contributed by atoms with Crippen molar-refractivity contribution in [3.8, 4) is 17.2 Å². The molecule has 2 aliphatic heterocycles. The van der Waals surface area contributed by atoms with Gasteiger partial charge in [-0.15, -0.1) is 0 Å². The summed E-state index contributed by atoms with van der Waals surface area (Å²) in [5, 5.41) is 11.3. The molecule has 0 radical (unpaired) electrons. The van der Waals surface area contributed by atoms with Crippen molar-refractivity contribution in [3.63, 3.8) is 0 Å². The van der Waals surface area contributed by atoms with E-state index in [9.17, 15) is 14.7 Å². The molecule has 0 aromatic heterocycles. The second-order valence-corrected chi connectivity index (χ2v) is 9.30. The van der Waals surface area contributed by atoms with Crippen molar-refractivity contribution in [1.82, 2.24) is 4.90 Å². The van der Waals surface area contributed by atoms with Gasteiger partial charge in [-0.3, -0.25) is 9.59 Å². The molecule has 2 aromatic carbocycles. The highest BCUT2D eigenvalue weighted by molar-refractivity contribution is 6.46. The van der Waals surface area contributed by atoms with Gasteiger partial charge in [-0.25, -0.2) is 0 Å². The number of fused-ring (bicyclic) bond motifs is 1. The van der Waals surface area contributed by atoms with Gasteiger partial charge < -0.3 is 29.0 Å². The van der Waals surface area contributed by atoms with E-state index in [-0.39, 0.29) is 11.3 Å². The van der Waals surface area contributed by atoms with E-state index in [1.54, 1.807) is 25.3 Å². The summed E-state index contributed by atoms with van der Waals surface area (Å²) in [6, 6.07) is 11.6. The maximum absolute atomic E-state index is 13.2. The largest absolute Gasteiger partial charge is 0.507 e. The molecule has 2 heterocycles. The molecule has 0 unspecified atom stereocenters.